The van der Waals surface area contributed by atoms with Crippen LogP contribution in [0.25, 0.3) is 1.43 Å². The van der Waals surface area contributed by atoms with Gasteiger partial charge in [0, 0.05) is 0 Å². The van der Waals surface area contributed by atoms with E-state index in [0.717, 1.165) is 0 Å². The van der Waals surface area contributed by atoms with E-state index in [4.69, 9.17) is 5.27 Å². The fraction of sp³-hybridized carbons (Fsp3) is 0. The van der Waals surface area contributed by atoms with Gasteiger partial charge in [-0.2, -0.15) is 0 Å². The minimum absolute atomic E-state index is 1.33. The molecule has 0 spiro atoms. The predicted molar refractivity (Wildman–Crippen MR) is 56.1 cm³/mol. The standard InChI is InChI=1S/H4O10P6/c1-7-13-16(6,12-3)10-8-9-15(11-2)14(4)5/h1,13H,15H2/i13T,15T2/hT. The van der Waals surface area contributed by atoms with Crippen LogP contribution in [0.3, 0.4) is 0 Å². The molecule has 0 aliphatic carbocycles. The van der Waals surface area contributed by atoms with Gasteiger partial charge in [-0.1, -0.05) is 0 Å². The first-order chi connectivity index (χ1) is 9.04. The van der Waals surface area contributed by atoms with Crippen LogP contribution in [0.5, 0.6) is 0 Å². The van der Waals surface area contributed by atoms with Gasteiger partial charge in [-0.3, -0.25) is 0 Å². The molecule has 16 heavy (non-hydrogen) atoms. The SMILES string of the molecule is [3H]OOP([3H])P(=O)(OOOP([3H])([3H])(P=O)P(=O)=O)P=O. The first-order valence-corrected chi connectivity index (χ1v) is 12.1. The summed E-state index contributed by atoms with van der Waals surface area (Å²) in [6, 6.07) is 0. The molecular formula is H4O10P6. The average molecular weight is 358 g/mol. The molecule has 0 aliphatic heterocycles. The minimum atomic E-state index is -5.81. The number of hydrogen-bond donors (Lipinski definition) is 1. The van der Waals surface area contributed by atoms with E-state index in [2.05, 4.69) is 24.3 Å². The van der Waals surface area contributed by atoms with Gasteiger partial charge in [0.1, 0.15) is 0 Å². The molecule has 0 fully saturated rings. The van der Waals surface area contributed by atoms with Gasteiger partial charge in [0.15, 0.2) is 0 Å². The van der Waals surface area contributed by atoms with Crippen molar-refractivity contribution in [3.63, 3.8) is 0 Å². The molecule has 0 aromatic rings. The van der Waals surface area contributed by atoms with Crippen LogP contribution in [0.15, 0.2) is 0 Å². The molecule has 0 aliphatic rings. The van der Waals surface area contributed by atoms with Crippen molar-refractivity contribution < 1.29 is 47.1 Å². The van der Waals surface area contributed by atoms with E-state index >= 15 is 0 Å². The molecule has 0 rings (SSSR count). The summed E-state index contributed by atoms with van der Waals surface area (Å²) in [4.78, 5) is 0. The van der Waals surface area contributed by atoms with Crippen LogP contribution in [0.1, 0.15) is 0 Å². The van der Waals surface area contributed by atoms with Crippen LogP contribution in [0.4, 0.5) is 0 Å². The first-order valence-electron chi connectivity index (χ1n) is 4.51. The van der Waals surface area contributed by atoms with Gasteiger partial charge < -0.3 is 0 Å². The van der Waals surface area contributed by atoms with Gasteiger partial charge in [-0.25, -0.2) is 0 Å². The molecule has 1 N–H and O–H groups in total. The number of rotatable bonds is 10. The molecule has 0 heterocycles. The third-order valence-electron chi connectivity index (χ3n) is 0.674. The van der Waals surface area contributed by atoms with Crippen LogP contribution >= 0.6 is 46.3 Å². The third kappa shape index (κ3) is 6.66. The molecule has 16 heteroatoms. The Kier molecular flexibility index (Phi) is 6.11. The maximum absolute atomic E-state index is 11.6. The molecule has 10 nitrogen and oxygen atoms in total. The monoisotopic (exact) mass is 358 g/mol. The molecule has 2 atom stereocenters. The second-order valence-corrected chi connectivity index (χ2v) is 14.1. The van der Waals surface area contributed by atoms with E-state index < -0.39 is 46.3 Å². The van der Waals surface area contributed by atoms with E-state index in [0.29, 0.717) is 0 Å². The molecule has 0 saturated heterocycles. The molecule has 2 unspecified atom stereocenters. The van der Waals surface area contributed by atoms with Crippen molar-refractivity contribution in [2.24, 2.45) is 0 Å². The van der Waals surface area contributed by atoms with E-state index in [-0.39, 0.29) is 0 Å². The first kappa shape index (κ1) is 10.9. The van der Waals surface area contributed by atoms with Crippen molar-refractivity contribution in [3.8, 4) is 0 Å². The summed E-state index contributed by atoms with van der Waals surface area (Å²) in [5.41, 5.74) is 0. The Balaban J connectivity index is 4.90. The van der Waals surface area contributed by atoms with Gasteiger partial charge in [0.25, 0.3) is 0 Å². The fourth-order valence-electron chi connectivity index (χ4n) is 0.235. The van der Waals surface area contributed by atoms with Crippen LogP contribution in [0.2, 0.25) is 0 Å². The molecule has 94 valence electrons. The van der Waals surface area contributed by atoms with Crippen molar-refractivity contribution in [1.29, 1.82) is 5.27 Å². The van der Waals surface area contributed by atoms with E-state index in [1.54, 1.807) is 0 Å². The van der Waals surface area contributed by atoms with Crippen molar-refractivity contribution in [1.82, 2.24) is 0 Å². The van der Waals surface area contributed by atoms with Crippen molar-refractivity contribution in [3.05, 3.63) is 0 Å². The second-order valence-electron chi connectivity index (χ2n) is 1.52. The second kappa shape index (κ2) is 8.99. The Hall–Kier alpha value is 0.990. The Bertz CT molecular complexity index is 476. The summed E-state index contributed by atoms with van der Waals surface area (Å²) in [5, 5.41) is 6.86. The van der Waals surface area contributed by atoms with E-state index in [9.17, 15) is 22.8 Å². The third-order valence-corrected chi connectivity index (χ3v) is 8.80. The van der Waals surface area contributed by atoms with Crippen molar-refractivity contribution >= 4 is 46.3 Å². The van der Waals surface area contributed by atoms with E-state index in [1.165, 1.54) is 0 Å². The Morgan fingerprint density at radius 3 is 2.75 bits per heavy atom. The van der Waals surface area contributed by atoms with Gasteiger partial charge in [0.05, 0.1) is 0 Å². The predicted octanol–water partition coefficient (Wildman–Crippen LogP) is 3.51. The summed E-state index contributed by atoms with van der Waals surface area (Å²) in [7, 11) is -15.7. The van der Waals surface area contributed by atoms with Gasteiger partial charge in [0.2, 0.25) is 0 Å². The summed E-state index contributed by atoms with van der Waals surface area (Å²) >= 11 is 0. The van der Waals surface area contributed by atoms with Crippen LogP contribution < -0.4 is 0 Å². The molecular weight excluding hydrogens is 346 g/mol. The van der Waals surface area contributed by atoms with Crippen LogP contribution in [-0.4, -0.2) is 9.10 Å². The summed E-state index contributed by atoms with van der Waals surface area (Å²) in [6.45, 7) is -4.58. The average Bonchev–Trinajstić information content (AvgIpc) is 2.38. The van der Waals surface area contributed by atoms with Gasteiger partial charge in [-0.05, 0) is 0 Å². The van der Waals surface area contributed by atoms with Gasteiger partial charge in [-0.15, -0.1) is 0 Å². The molecule has 0 aromatic heterocycles. The Morgan fingerprint density at radius 2 is 2.31 bits per heavy atom. The Morgan fingerprint density at radius 1 is 1.62 bits per heavy atom. The zero-order chi connectivity index (χ0) is 16.1. The summed E-state index contributed by atoms with van der Waals surface area (Å²) < 4.78 is 92.7. The molecule has 0 saturated carbocycles. The fourth-order valence-corrected chi connectivity index (χ4v) is 3.12. The topological polar surface area (TPSA) is 142 Å². The molecule has 0 bridgehead atoms. The van der Waals surface area contributed by atoms with Crippen molar-refractivity contribution in [2.75, 3.05) is 0 Å². The summed E-state index contributed by atoms with van der Waals surface area (Å²) in [5.74, 6) is 0. The van der Waals surface area contributed by atoms with Gasteiger partial charge >= 0.3 is 98.7 Å². The normalized spacial score (nSPS) is 24.1. The molecule has 0 amide bonds. The zero-order valence-electron chi connectivity index (χ0n) is 10.8. The quantitative estimate of drug-likeness (QED) is 0.350. The molecule has 0 radical (unpaired) electrons. The molecule has 0 aromatic carbocycles. The van der Waals surface area contributed by atoms with Crippen LogP contribution in [-0.2, 0) is 41.9 Å². The van der Waals surface area contributed by atoms with Crippen LogP contribution in [0, 0.1) is 0 Å². The Labute approximate surface area is 99.4 Å². The maximum atomic E-state index is 11.6. The van der Waals surface area contributed by atoms with Crippen molar-refractivity contribution in [2.45, 2.75) is 0 Å². The zero-order valence-corrected chi connectivity index (χ0v) is 12.1. The van der Waals surface area contributed by atoms with E-state index in [1.807, 2.05) is 0 Å². The number of hydrogen-bond acceptors (Lipinski definition) is 10. The summed E-state index contributed by atoms with van der Waals surface area (Å²) in [6.07, 6.45) is 0.